The Morgan fingerprint density at radius 3 is 1.57 bits per heavy atom. The molecule has 21 heavy (non-hydrogen) atoms. The lowest BCUT2D eigenvalue weighted by Crippen LogP contribution is -2.01. The molecule has 2 aromatic rings. The molecule has 0 unspecified atom stereocenters. The molecule has 0 heterocycles. The molecule has 0 spiro atoms. The van der Waals surface area contributed by atoms with Crippen LogP contribution >= 0.6 is 46.7 Å². The van der Waals surface area contributed by atoms with Crippen molar-refractivity contribution in [2.45, 2.75) is 9.79 Å². The van der Waals surface area contributed by atoms with Gasteiger partial charge in [0, 0.05) is 21.3 Å². The molecule has 0 atom stereocenters. The van der Waals surface area contributed by atoms with Crippen molar-refractivity contribution in [2.24, 2.45) is 0 Å². The molecular formula is C16H16Cl2OS2. The minimum atomic E-state index is 0.721. The third-order valence-corrected chi connectivity index (χ3v) is 5.60. The van der Waals surface area contributed by atoms with Crippen LogP contribution in [-0.4, -0.2) is 24.7 Å². The molecule has 0 aliphatic rings. The minimum absolute atomic E-state index is 0.721. The lowest BCUT2D eigenvalue weighted by molar-refractivity contribution is 0.167. The molecule has 0 saturated heterocycles. The maximum absolute atomic E-state index is 6.09. The zero-order valence-electron chi connectivity index (χ0n) is 11.4. The van der Waals surface area contributed by atoms with Gasteiger partial charge < -0.3 is 4.74 Å². The second kappa shape index (κ2) is 9.65. The highest BCUT2D eigenvalue weighted by molar-refractivity contribution is 7.99. The predicted molar refractivity (Wildman–Crippen MR) is 95.2 cm³/mol. The third kappa shape index (κ3) is 6.13. The smallest absolute Gasteiger partial charge is 0.0560 e. The molecule has 2 aromatic carbocycles. The van der Waals surface area contributed by atoms with Gasteiger partial charge in [0.25, 0.3) is 0 Å². The van der Waals surface area contributed by atoms with Gasteiger partial charge in [-0.05, 0) is 24.3 Å². The summed E-state index contributed by atoms with van der Waals surface area (Å²) in [4.78, 5) is 2.21. The summed E-state index contributed by atoms with van der Waals surface area (Å²) in [6.07, 6.45) is 0. The van der Waals surface area contributed by atoms with E-state index in [2.05, 4.69) is 0 Å². The van der Waals surface area contributed by atoms with Gasteiger partial charge in [0.15, 0.2) is 0 Å². The largest absolute Gasteiger partial charge is 0.380 e. The van der Waals surface area contributed by atoms with Crippen molar-refractivity contribution < 1.29 is 4.74 Å². The van der Waals surface area contributed by atoms with Crippen LogP contribution in [0.5, 0.6) is 0 Å². The van der Waals surface area contributed by atoms with Crippen molar-refractivity contribution in [3.8, 4) is 0 Å². The second-order valence-corrected chi connectivity index (χ2v) is 7.26. The van der Waals surface area contributed by atoms with Gasteiger partial charge in [-0.2, -0.15) is 0 Å². The molecule has 0 saturated carbocycles. The van der Waals surface area contributed by atoms with Crippen LogP contribution in [0.2, 0.25) is 10.0 Å². The molecule has 2 rings (SSSR count). The van der Waals surface area contributed by atoms with Crippen molar-refractivity contribution in [3.05, 3.63) is 58.6 Å². The van der Waals surface area contributed by atoms with E-state index in [1.165, 1.54) is 0 Å². The number of ether oxygens (including phenoxy) is 1. The van der Waals surface area contributed by atoms with Gasteiger partial charge in [0.1, 0.15) is 0 Å². The molecule has 0 bridgehead atoms. The first kappa shape index (κ1) is 17.0. The van der Waals surface area contributed by atoms with Crippen LogP contribution in [0, 0.1) is 0 Å². The summed E-state index contributed by atoms with van der Waals surface area (Å²) in [5, 5.41) is 1.61. The van der Waals surface area contributed by atoms with Crippen molar-refractivity contribution in [1.29, 1.82) is 0 Å². The van der Waals surface area contributed by atoms with Crippen LogP contribution in [-0.2, 0) is 4.74 Å². The van der Waals surface area contributed by atoms with E-state index in [-0.39, 0.29) is 0 Å². The first-order valence-corrected chi connectivity index (χ1v) is 9.32. The fourth-order valence-electron chi connectivity index (χ4n) is 1.65. The fourth-order valence-corrected chi connectivity index (χ4v) is 3.85. The Kier molecular flexibility index (Phi) is 7.83. The van der Waals surface area contributed by atoms with E-state index in [0.29, 0.717) is 0 Å². The van der Waals surface area contributed by atoms with E-state index in [1.807, 2.05) is 48.5 Å². The van der Waals surface area contributed by atoms with Crippen LogP contribution in [0.3, 0.4) is 0 Å². The summed E-state index contributed by atoms with van der Waals surface area (Å²) in [5.41, 5.74) is 0. The Morgan fingerprint density at radius 2 is 1.14 bits per heavy atom. The van der Waals surface area contributed by atoms with E-state index >= 15 is 0 Å². The molecule has 0 fully saturated rings. The molecule has 0 aliphatic heterocycles. The summed E-state index contributed by atoms with van der Waals surface area (Å²) in [5.74, 6) is 1.81. The highest BCUT2D eigenvalue weighted by atomic mass is 35.5. The molecule has 0 aliphatic carbocycles. The minimum Gasteiger partial charge on any atom is -0.380 e. The van der Waals surface area contributed by atoms with Gasteiger partial charge in [-0.15, -0.1) is 23.5 Å². The Labute approximate surface area is 144 Å². The van der Waals surface area contributed by atoms with E-state index < -0.39 is 0 Å². The zero-order chi connectivity index (χ0) is 14.9. The number of hydrogen-bond donors (Lipinski definition) is 0. The summed E-state index contributed by atoms with van der Waals surface area (Å²) in [6.45, 7) is 1.44. The Bertz CT molecular complexity index is 514. The normalized spacial score (nSPS) is 10.8. The Morgan fingerprint density at radius 1 is 0.714 bits per heavy atom. The van der Waals surface area contributed by atoms with Gasteiger partial charge in [-0.1, -0.05) is 47.5 Å². The number of benzene rings is 2. The summed E-state index contributed by atoms with van der Waals surface area (Å²) < 4.78 is 5.63. The van der Waals surface area contributed by atoms with Crippen molar-refractivity contribution in [1.82, 2.24) is 0 Å². The first-order valence-electron chi connectivity index (χ1n) is 6.60. The van der Waals surface area contributed by atoms with Gasteiger partial charge in [0.2, 0.25) is 0 Å². The van der Waals surface area contributed by atoms with E-state index in [0.717, 1.165) is 44.6 Å². The molecule has 1 nitrogen and oxygen atoms in total. The van der Waals surface area contributed by atoms with Crippen LogP contribution in [0.4, 0.5) is 0 Å². The van der Waals surface area contributed by atoms with Crippen LogP contribution in [0.15, 0.2) is 58.3 Å². The highest BCUT2D eigenvalue weighted by Gasteiger charge is 2.01. The predicted octanol–water partition coefficient (Wildman–Crippen LogP) is 5.89. The number of halogens is 2. The average molecular weight is 359 g/mol. The van der Waals surface area contributed by atoms with E-state index in [4.69, 9.17) is 27.9 Å². The molecule has 112 valence electrons. The summed E-state index contributed by atoms with van der Waals surface area (Å²) >= 11 is 15.6. The van der Waals surface area contributed by atoms with Crippen LogP contribution in [0.25, 0.3) is 0 Å². The standard InChI is InChI=1S/C16H16Cl2OS2/c17-13-5-1-3-7-15(13)20-11-9-19-10-12-21-16-8-4-2-6-14(16)18/h1-8H,9-12H2. The number of thioether (sulfide) groups is 2. The first-order chi connectivity index (χ1) is 10.3. The topological polar surface area (TPSA) is 9.23 Å². The van der Waals surface area contributed by atoms with Gasteiger partial charge >= 0.3 is 0 Å². The SMILES string of the molecule is Clc1ccccc1SCCOCCSc1ccccc1Cl. The monoisotopic (exact) mass is 358 g/mol. The molecule has 0 amide bonds. The van der Waals surface area contributed by atoms with Gasteiger partial charge in [-0.25, -0.2) is 0 Å². The molecule has 0 radical (unpaired) electrons. The lowest BCUT2D eigenvalue weighted by atomic mass is 10.4. The Balaban J connectivity index is 1.57. The van der Waals surface area contributed by atoms with Gasteiger partial charge in [0.05, 0.1) is 23.3 Å². The quantitative estimate of drug-likeness (QED) is 0.429. The lowest BCUT2D eigenvalue weighted by Gasteiger charge is -2.06. The van der Waals surface area contributed by atoms with Crippen molar-refractivity contribution in [2.75, 3.05) is 24.7 Å². The molecule has 5 heteroatoms. The van der Waals surface area contributed by atoms with Crippen LogP contribution < -0.4 is 0 Å². The summed E-state index contributed by atoms with van der Waals surface area (Å²) in [6, 6.07) is 15.7. The number of hydrogen-bond acceptors (Lipinski definition) is 3. The van der Waals surface area contributed by atoms with Crippen molar-refractivity contribution in [3.63, 3.8) is 0 Å². The van der Waals surface area contributed by atoms with E-state index in [9.17, 15) is 0 Å². The summed E-state index contributed by atoms with van der Waals surface area (Å²) in [7, 11) is 0. The Hall–Kier alpha value is -0.320. The zero-order valence-corrected chi connectivity index (χ0v) is 14.6. The maximum Gasteiger partial charge on any atom is 0.0560 e. The van der Waals surface area contributed by atoms with Gasteiger partial charge in [-0.3, -0.25) is 0 Å². The van der Waals surface area contributed by atoms with Crippen LogP contribution in [0.1, 0.15) is 0 Å². The number of rotatable bonds is 8. The maximum atomic E-state index is 6.09. The van der Waals surface area contributed by atoms with Crippen molar-refractivity contribution >= 4 is 46.7 Å². The average Bonchev–Trinajstić information content (AvgIpc) is 2.50. The second-order valence-electron chi connectivity index (χ2n) is 4.17. The van der Waals surface area contributed by atoms with E-state index in [1.54, 1.807) is 23.5 Å². The fraction of sp³-hybridized carbons (Fsp3) is 0.250. The molecule has 0 aromatic heterocycles. The molecule has 0 N–H and O–H groups in total. The molecular weight excluding hydrogens is 343 g/mol. The third-order valence-electron chi connectivity index (χ3n) is 2.64. The highest BCUT2D eigenvalue weighted by Crippen LogP contribution is 2.27.